The van der Waals surface area contributed by atoms with E-state index in [1.165, 1.54) is 74.5 Å². The molecule has 2 aliphatic heterocycles. The lowest BCUT2D eigenvalue weighted by atomic mass is 9.79. The molecule has 2 unspecified atom stereocenters. The molecule has 5 rings (SSSR count). The highest BCUT2D eigenvalue weighted by Gasteiger charge is 2.63. The van der Waals surface area contributed by atoms with Crippen LogP contribution in [-0.2, 0) is 26.1 Å². The van der Waals surface area contributed by atoms with Crippen molar-refractivity contribution in [3.05, 3.63) is 75.3 Å². The van der Waals surface area contributed by atoms with Crippen molar-refractivity contribution in [2.24, 2.45) is 0 Å². The standard InChI is InChI=1S/C31H30Cl2F3N3O7S/c1-16-21(33)8-9-22-27(16)30(20-12-17(32)6-10-24(20)45-5,38-15-18(40)13-23(38)28(41)37(2)3)29(42)39(22)47(43)26-11-7-19(44-4)14-25(26)46-31(34,35)36/h6-12,14,18,23,40H,13,15H2,1-5H3/t18-,23+,30?,47?/m1/s1. The van der Waals surface area contributed by atoms with E-state index in [9.17, 15) is 27.3 Å². The first-order chi connectivity index (χ1) is 22.1. The normalized spacial score (nSPS) is 21.9. The van der Waals surface area contributed by atoms with Crippen LogP contribution < -0.4 is 18.5 Å². The Bertz CT molecular complexity index is 1780. The molecule has 252 valence electrons. The number of fused-ring (bicyclic) bond motifs is 1. The molecule has 0 aromatic heterocycles. The molecular formula is C31H30Cl2F3N3O7S. The largest absolute Gasteiger partial charge is 0.573 e. The van der Waals surface area contributed by atoms with Crippen molar-refractivity contribution in [1.82, 2.24) is 9.80 Å². The van der Waals surface area contributed by atoms with E-state index in [1.807, 2.05) is 0 Å². The number of likely N-dealkylation sites (N-methyl/N-ethyl adjacent to an activating group) is 1. The first-order valence-electron chi connectivity index (χ1n) is 14.1. The number of carbonyl (C=O) groups excluding carboxylic acids is 2. The highest BCUT2D eigenvalue weighted by molar-refractivity contribution is 7.87. The Morgan fingerprint density at radius 1 is 1.06 bits per heavy atom. The fourth-order valence-electron chi connectivity index (χ4n) is 6.24. The Hall–Kier alpha value is -3.56. The first-order valence-corrected chi connectivity index (χ1v) is 15.9. The van der Waals surface area contributed by atoms with Crippen LogP contribution in [0.15, 0.2) is 53.4 Å². The number of anilines is 1. The van der Waals surface area contributed by atoms with Crippen molar-refractivity contribution in [2.45, 2.75) is 42.3 Å². The molecule has 0 bridgehead atoms. The van der Waals surface area contributed by atoms with Gasteiger partial charge in [-0.25, -0.2) is 8.51 Å². The average Bonchev–Trinajstić information content (AvgIpc) is 3.52. The summed E-state index contributed by atoms with van der Waals surface area (Å²) in [5.74, 6) is -2.08. The second kappa shape index (κ2) is 12.8. The lowest BCUT2D eigenvalue weighted by Gasteiger charge is -2.42. The fraction of sp³-hybridized carbons (Fsp3) is 0.355. The van der Waals surface area contributed by atoms with Gasteiger partial charge in [0, 0.05) is 47.9 Å². The quantitative estimate of drug-likeness (QED) is 0.345. The lowest BCUT2D eigenvalue weighted by Crippen LogP contribution is -2.59. The van der Waals surface area contributed by atoms with Crippen LogP contribution in [-0.4, -0.2) is 84.3 Å². The number of likely N-dealkylation sites (tertiary alicyclic amines) is 1. The van der Waals surface area contributed by atoms with Gasteiger partial charge in [-0.1, -0.05) is 23.2 Å². The molecule has 0 spiro atoms. The van der Waals surface area contributed by atoms with Gasteiger partial charge in [0.1, 0.15) is 16.4 Å². The molecule has 10 nitrogen and oxygen atoms in total. The van der Waals surface area contributed by atoms with Crippen molar-refractivity contribution in [3.8, 4) is 17.2 Å². The van der Waals surface area contributed by atoms with E-state index in [-0.39, 0.29) is 51.3 Å². The zero-order chi connectivity index (χ0) is 34.6. The fourth-order valence-corrected chi connectivity index (χ4v) is 7.84. The maximum atomic E-state index is 15.3. The molecule has 3 aromatic rings. The number of rotatable bonds is 8. The van der Waals surface area contributed by atoms with Gasteiger partial charge in [0.2, 0.25) is 5.91 Å². The highest BCUT2D eigenvalue weighted by Crippen LogP contribution is 2.56. The number of β-amino-alcohol motifs (C(OH)–C–C–N with tert-alkyl or cyclic N) is 1. The molecule has 16 heteroatoms. The minimum absolute atomic E-state index is 0.0186. The molecule has 4 atom stereocenters. The Kier molecular flexibility index (Phi) is 9.47. The van der Waals surface area contributed by atoms with Gasteiger partial charge in [-0.2, -0.15) is 0 Å². The molecule has 1 saturated heterocycles. The van der Waals surface area contributed by atoms with Gasteiger partial charge in [-0.05, 0) is 61.4 Å². The van der Waals surface area contributed by atoms with Gasteiger partial charge in [0.05, 0.1) is 32.1 Å². The predicted octanol–water partition coefficient (Wildman–Crippen LogP) is 5.05. The summed E-state index contributed by atoms with van der Waals surface area (Å²) in [6.45, 7) is 1.41. The number of hydrogen-bond acceptors (Lipinski definition) is 8. The molecule has 2 amide bonds. The molecular weight excluding hydrogens is 686 g/mol. The number of benzene rings is 3. The monoisotopic (exact) mass is 715 g/mol. The molecule has 47 heavy (non-hydrogen) atoms. The van der Waals surface area contributed by atoms with Gasteiger partial charge in [-0.15, -0.1) is 13.2 Å². The van der Waals surface area contributed by atoms with E-state index < -0.39 is 57.5 Å². The lowest BCUT2D eigenvalue weighted by molar-refractivity contribution is -0.275. The minimum atomic E-state index is -5.17. The third kappa shape index (κ3) is 5.90. The number of halogens is 5. The van der Waals surface area contributed by atoms with E-state index in [0.29, 0.717) is 5.56 Å². The number of amides is 2. The maximum absolute atomic E-state index is 15.3. The van der Waals surface area contributed by atoms with Gasteiger partial charge in [0.25, 0.3) is 5.91 Å². The molecule has 2 heterocycles. The van der Waals surface area contributed by atoms with Crippen molar-refractivity contribution in [1.29, 1.82) is 0 Å². The average molecular weight is 717 g/mol. The SMILES string of the molecule is COc1ccc(S(=O)N2C(=O)C(c3cc(Cl)ccc3OC)(N3C[C@H](O)C[C@H]3C(=O)N(C)C)c3c2ccc(Cl)c3C)c(OC(F)(F)F)c1. The summed E-state index contributed by atoms with van der Waals surface area (Å²) in [5, 5.41) is 11.4. The van der Waals surface area contributed by atoms with Gasteiger partial charge in [0.15, 0.2) is 22.3 Å². The second-order valence-electron chi connectivity index (χ2n) is 11.1. The summed E-state index contributed by atoms with van der Waals surface area (Å²) in [4.78, 5) is 31.3. The van der Waals surface area contributed by atoms with Gasteiger partial charge < -0.3 is 24.2 Å². The van der Waals surface area contributed by atoms with Crippen LogP contribution in [0.5, 0.6) is 17.2 Å². The third-order valence-corrected chi connectivity index (χ3v) is 10.2. The number of alkyl halides is 3. The maximum Gasteiger partial charge on any atom is 0.573 e. The van der Waals surface area contributed by atoms with Crippen LogP contribution >= 0.6 is 23.2 Å². The van der Waals surface area contributed by atoms with Crippen molar-refractivity contribution >= 4 is 51.7 Å². The van der Waals surface area contributed by atoms with Crippen LogP contribution in [0.2, 0.25) is 10.0 Å². The summed E-state index contributed by atoms with van der Waals surface area (Å²) < 4.78 is 71.1. The van der Waals surface area contributed by atoms with Crippen LogP contribution in [0.3, 0.4) is 0 Å². The molecule has 3 aromatic carbocycles. The second-order valence-corrected chi connectivity index (χ2v) is 13.3. The van der Waals surface area contributed by atoms with Crippen LogP contribution in [0, 0.1) is 6.92 Å². The van der Waals surface area contributed by atoms with Crippen LogP contribution in [0.25, 0.3) is 0 Å². The Morgan fingerprint density at radius 2 is 1.77 bits per heavy atom. The number of methoxy groups -OCH3 is 2. The van der Waals surface area contributed by atoms with E-state index in [1.54, 1.807) is 6.92 Å². The predicted molar refractivity (Wildman–Crippen MR) is 168 cm³/mol. The summed E-state index contributed by atoms with van der Waals surface area (Å²) in [7, 11) is 2.95. The number of nitrogens with zero attached hydrogens (tertiary/aromatic N) is 3. The summed E-state index contributed by atoms with van der Waals surface area (Å²) in [5.41, 5.74) is -1.37. The zero-order valence-corrected chi connectivity index (χ0v) is 28.1. The molecule has 1 N–H and O–H groups in total. The molecule has 0 radical (unpaired) electrons. The van der Waals surface area contributed by atoms with Gasteiger partial charge >= 0.3 is 6.36 Å². The Labute approximate surface area is 281 Å². The number of aliphatic hydroxyl groups excluding tert-OH is 1. The van der Waals surface area contributed by atoms with Crippen molar-refractivity contribution in [2.75, 3.05) is 39.2 Å². The molecule has 1 fully saturated rings. The molecule has 2 aliphatic rings. The molecule has 0 aliphatic carbocycles. The van der Waals surface area contributed by atoms with E-state index in [2.05, 4.69) is 4.74 Å². The van der Waals surface area contributed by atoms with E-state index in [0.717, 1.165) is 16.4 Å². The summed E-state index contributed by atoms with van der Waals surface area (Å²) in [6.07, 6.45) is -6.31. The van der Waals surface area contributed by atoms with Crippen LogP contribution in [0.4, 0.5) is 18.9 Å². The topological polar surface area (TPSA) is 109 Å². The Balaban J connectivity index is 1.87. The highest BCUT2D eigenvalue weighted by atomic mass is 35.5. The van der Waals surface area contributed by atoms with E-state index in [4.69, 9.17) is 32.7 Å². The summed E-state index contributed by atoms with van der Waals surface area (Å²) >= 11 is 13.2. The van der Waals surface area contributed by atoms with Crippen molar-refractivity contribution in [3.63, 3.8) is 0 Å². The number of ether oxygens (including phenoxy) is 3. The number of hydrogen-bond donors (Lipinski definition) is 1. The van der Waals surface area contributed by atoms with Gasteiger partial charge in [-0.3, -0.25) is 14.5 Å². The number of carbonyl (C=O) groups is 2. The first kappa shape index (κ1) is 34.8. The van der Waals surface area contributed by atoms with Crippen LogP contribution in [0.1, 0.15) is 23.1 Å². The minimum Gasteiger partial charge on any atom is -0.497 e. The van der Waals surface area contributed by atoms with Crippen molar-refractivity contribution < 1.29 is 46.3 Å². The zero-order valence-electron chi connectivity index (χ0n) is 25.7. The smallest absolute Gasteiger partial charge is 0.497 e. The van der Waals surface area contributed by atoms with E-state index >= 15 is 4.79 Å². The summed E-state index contributed by atoms with van der Waals surface area (Å²) in [6, 6.07) is 9.58. The molecule has 0 saturated carbocycles. The number of aliphatic hydroxyl groups is 1. The third-order valence-electron chi connectivity index (χ3n) is 8.17. The Morgan fingerprint density at radius 3 is 2.38 bits per heavy atom.